The van der Waals surface area contributed by atoms with Gasteiger partial charge in [0, 0.05) is 12.1 Å². The maximum atomic E-state index is 11.0. The molecule has 0 atom stereocenters. The molecule has 0 aromatic heterocycles. The molecule has 2 N–H and O–H groups in total. The van der Waals surface area contributed by atoms with Crippen LogP contribution < -0.4 is 10.6 Å². The highest BCUT2D eigenvalue weighted by atomic mass is 16.6. The van der Waals surface area contributed by atoms with Gasteiger partial charge < -0.3 is 10.6 Å². The Balaban J connectivity index is 2.21. The van der Waals surface area contributed by atoms with Crippen LogP contribution in [0.5, 0.6) is 0 Å². The number of hydrogen-bond acceptors (Lipinski definition) is 5. The topological polar surface area (TPSA) is 91.0 Å². The zero-order valence-electron chi connectivity index (χ0n) is 9.85. The predicted octanol–water partition coefficient (Wildman–Crippen LogP) is 1.63. The normalized spacial score (nSPS) is 15.9. The molecule has 0 radical (unpaired) electrons. The minimum Gasteiger partial charge on any atom is -0.377 e. The van der Waals surface area contributed by atoms with Gasteiger partial charge in [0.2, 0.25) is 0 Å². The molecule has 1 heterocycles. The van der Waals surface area contributed by atoms with E-state index >= 15 is 0 Å². The van der Waals surface area contributed by atoms with E-state index in [1.165, 1.54) is 6.07 Å². The van der Waals surface area contributed by atoms with Crippen molar-refractivity contribution in [1.29, 1.82) is 5.26 Å². The van der Waals surface area contributed by atoms with Crippen molar-refractivity contribution in [3.05, 3.63) is 33.9 Å². The van der Waals surface area contributed by atoms with Gasteiger partial charge in [0.05, 0.1) is 16.6 Å². The third kappa shape index (κ3) is 2.76. The van der Waals surface area contributed by atoms with E-state index in [1.807, 2.05) is 6.07 Å². The number of nitrogens with one attached hydrogen (secondary N) is 2. The zero-order valence-corrected chi connectivity index (χ0v) is 9.85. The van der Waals surface area contributed by atoms with Gasteiger partial charge in [-0.25, -0.2) is 0 Å². The standard InChI is InChI=1S/C12H14N4O2/c13-8-9-1-2-11(12(7-9)16(17)18)15-10-3-5-14-6-4-10/h1-2,7,10,14-15H,3-6H2. The van der Waals surface area contributed by atoms with Gasteiger partial charge >= 0.3 is 0 Å². The number of nitro benzene ring substituents is 1. The van der Waals surface area contributed by atoms with Crippen LogP contribution in [0.4, 0.5) is 11.4 Å². The summed E-state index contributed by atoms with van der Waals surface area (Å²) in [4.78, 5) is 10.5. The van der Waals surface area contributed by atoms with Crippen LogP contribution in [0.2, 0.25) is 0 Å². The van der Waals surface area contributed by atoms with Crippen LogP contribution in [-0.2, 0) is 0 Å². The summed E-state index contributed by atoms with van der Waals surface area (Å²) in [6.45, 7) is 1.84. The first kappa shape index (κ1) is 12.3. The Morgan fingerprint density at radius 3 is 2.78 bits per heavy atom. The molecule has 0 bridgehead atoms. The average molecular weight is 246 g/mol. The number of hydrogen-bond donors (Lipinski definition) is 2. The fourth-order valence-corrected chi connectivity index (χ4v) is 2.06. The lowest BCUT2D eigenvalue weighted by atomic mass is 10.1. The largest absolute Gasteiger partial charge is 0.377 e. The summed E-state index contributed by atoms with van der Waals surface area (Å²) in [6.07, 6.45) is 1.88. The maximum Gasteiger partial charge on any atom is 0.293 e. The number of nitrogens with zero attached hydrogens (tertiary/aromatic N) is 2. The van der Waals surface area contributed by atoms with E-state index in [0.717, 1.165) is 25.9 Å². The number of nitro groups is 1. The lowest BCUT2D eigenvalue weighted by molar-refractivity contribution is -0.384. The molecule has 1 aliphatic heterocycles. The Bertz CT molecular complexity index is 489. The van der Waals surface area contributed by atoms with Gasteiger partial charge in [-0.3, -0.25) is 10.1 Å². The molecule has 2 rings (SSSR count). The first-order valence-electron chi connectivity index (χ1n) is 5.86. The second-order valence-electron chi connectivity index (χ2n) is 4.27. The lowest BCUT2D eigenvalue weighted by Gasteiger charge is -2.24. The van der Waals surface area contributed by atoms with Crippen LogP contribution in [0.25, 0.3) is 0 Å². The molecule has 6 nitrogen and oxygen atoms in total. The summed E-state index contributed by atoms with van der Waals surface area (Å²) in [5.74, 6) is 0. The van der Waals surface area contributed by atoms with Gasteiger partial charge in [0.25, 0.3) is 5.69 Å². The monoisotopic (exact) mass is 246 g/mol. The second kappa shape index (κ2) is 5.47. The van der Waals surface area contributed by atoms with Crippen LogP contribution in [0.15, 0.2) is 18.2 Å². The average Bonchev–Trinajstić information content (AvgIpc) is 2.40. The number of benzene rings is 1. The van der Waals surface area contributed by atoms with E-state index in [4.69, 9.17) is 5.26 Å². The van der Waals surface area contributed by atoms with Crippen molar-refractivity contribution in [3.8, 4) is 6.07 Å². The molecule has 0 aliphatic carbocycles. The fraction of sp³-hybridized carbons (Fsp3) is 0.417. The van der Waals surface area contributed by atoms with E-state index in [9.17, 15) is 10.1 Å². The highest BCUT2D eigenvalue weighted by Crippen LogP contribution is 2.27. The molecule has 0 unspecified atom stereocenters. The quantitative estimate of drug-likeness (QED) is 0.624. The van der Waals surface area contributed by atoms with E-state index in [-0.39, 0.29) is 11.7 Å². The predicted molar refractivity (Wildman–Crippen MR) is 67.3 cm³/mol. The summed E-state index contributed by atoms with van der Waals surface area (Å²) in [7, 11) is 0. The van der Waals surface area contributed by atoms with Crippen molar-refractivity contribution in [2.45, 2.75) is 18.9 Å². The van der Waals surface area contributed by atoms with Crippen LogP contribution in [0, 0.1) is 21.4 Å². The summed E-state index contributed by atoms with van der Waals surface area (Å²) in [5.41, 5.74) is 0.760. The Morgan fingerprint density at radius 2 is 2.17 bits per heavy atom. The van der Waals surface area contributed by atoms with Crippen LogP contribution in [0.1, 0.15) is 18.4 Å². The van der Waals surface area contributed by atoms with Crippen molar-refractivity contribution in [2.24, 2.45) is 0 Å². The number of rotatable bonds is 3. The molecule has 0 amide bonds. The van der Waals surface area contributed by atoms with Crippen molar-refractivity contribution in [1.82, 2.24) is 5.32 Å². The lowest BCUT2D eigenvalue weighted by Crippen LogP contribution is -2.35. The summed E-state index contributed by atoms with van der Waals surface area (Å²) in [6, 6.07) is 6.67. The Morgan fingerprint density at radius 1 is 1.44 bits per heavy atom. The van der Waals surface area contributed by atoms with Crippen molar-refractivity contribution in [2.75, 3.05) is 18.4 Å². The fourth-order valence-electron chi connectivity index (χ4n) is 2.06. The molecular formula is C12H14N4O2. The molecule has 1 saturated heterocycles. The molecule has 94 valence electrons. The molecule has 18 heavy (non-hydrogen) atoms. The minimum atomic E-state index is -0.454. The first-order valence-corrected chi connectivity index (χ1v) is 5.86. The molecule has 1 aromatic rings. The third-order valence-corrected chi connectivity index (χ3v) is 3.02. The van der Waals surface area contributed by atoms with Crippen LogP contribution >= 0.6 is 0 Å². The molecule has 0 saturated carbocycles. The Hall–Kier alpha value is -2.13. The van der Waals surface area contributed by atoms with E-state index in [1.54, 1.807) is 12.1 Å². The van der Waals surface area contributed by atoms with Crippen LogP contribution in [-0.4, -0.2) is 24.1 Å². The van der Waals surface area contributed by atoms with E-state index in [0.29, 0.717) is 11.3 Å². The van der Waals surface area contributed by atoms with Crippen LogP contribution in [0.3, 0.4) is 0 Å². The second-order valence-corrected chi connectivity index (χ2v) is 4.27. The number of piperidine rings is 1. The molecule has 1 fully saturated rings. The van der Waals surface area contributed by atoms with Gasteiger partial charge in [-0.1, -0.05) is 0 Å². The zero-order chi connectivity index (χ0) is 13.0. The third-order valence-electron chi connectivity index (χ3n) is 3.02. The summed E-state index contributed by atoms with van der Waals surface area (Å²) >= 11 is 0. The maximum absolute atomic E-state index is 11.0. The van der Waals surface area contributed by atoms with Crippen molar-refractivity contribution in [3.63, 3.8) is 0 Å². The number of anilines is 1. The Kier molecular flexibility index (Phi) is 3.75. The molecular weight excluding hydrogens is 232 g/mol. The van der Waals surface area contributed by atoms with E-state index in [2.05, 4.69) is 10.6 Å². The SMILES string of the molecule is N#Cc1ccc(NC2CCNCC2)c([N+](=O)[O-])c1. The first-order chi connectivity index (χ1) is 8.70. The Labute approximate surface area is 105 Å². The summed E-state index contributed by atoms with van der Waals surface area (Å²) in [5, 5.41) is 26.2. The minimum absolute atomic E-state index is 0.0346. The molecule has 1 aromatic carbocycles. The smallest absolute Gasteiger partial charge is 0.293 e. The van der Waals surface area contributed by atoms with Gasteiger partial charge in [-0.05, 0) is 38.1 Å². The molecule has 1 aliphatic rings. The van der Waals surface area contributed by atoms with E-state index < -0.39 is 4.92 Å². The molecule has 6 heteroatoms. The van der Waals surface area contributed by atoms with Gasteiger partial charge in [0.1, 0.15) is 5.69 Å². The van der Waals surface area contributed by atoms with Gasteiger partial charge in [-0.2, -0.15) is 5.26 Å². The highest BCUT2D eigenvalue weighted by Gasteiger charge is 2.19. The number of nitriles is 1. The molecule has 0 spiro atoms. The van der Waals surface area contributed by atoms with Crippen molar-refractivity contribution < 1.29 is 4.92 Å². The highest BCUT2D eigenvalue weighted by molar-refractivity contribution is 5.64. The van der Waals surface area contributed by atoms with Gasteiger partial charge in [0.15, 0.2) is 0 Å². The van der Waals surface area contributed by atoms with Gasteiger partial charge in [-0.15, -0.1) is 0 Å². The van der Waals surface area contributed by atoms with Crippen molar-refractivity contribution >= 4 is 11.4 Å². The summed E-state index contributed by atoms with van der Waals surface area (Å²) < 4.78 is 0.